The van der Waals surface area contributed by atoms with Crippen molar-refractivity contribution in [3.63, 3.8) is 0 Å². The Labute approximate surface area is 180 Å². The average Bonchev–Trinajstić information content (AvgIpc) is 3.36. The second kappa shape index (κ2) is 10.6. The average molecular weight is 429 g/mol. The molecule has 2 aromatic heterocycles. The monoisotopic (exact) mass is 428 g/mol. The van der Waals surface area contributed by atoms with E-state index in [-0.39, 0.29) is 11.9 Å². The molecule has 29 heavy (non-hydrogen) atoms. The number of aryl methyl sites for hydroxylation is 1. The van der Waals surface area contributed by atoms with E-state index in [4.69, 9.17) is 0 Å². The van der Waals surface area contributed by atoms with Crippen LogP contribution in [0.2, 0.25) is 0 Å². The summed E-state index contributed by atoms with van der Waals surface area (Å²) in [6.07, 6.45) is 1.66. The molecule has 1 atom stereocenters. The SMILES string of the molecule is CC(C)C(C)NC(=O)CSc1nnc(Cc2cccs2)n1CCc1ccccc1. The van der Waals surface area contributed by atoms with Crippen LogP contribution in [0.15, 0.2) is 53.0 Å². The number of nitrogens with zero attached hydrogens (tertiary/aromatic N) is 3. The standard InChI is InChI=1S/C22H28N4OS2/c1-16(2)17(3)23-21(27)15-29-22-25-24-20(14-19-10-7-13-28-19)26(22)12-11-18-8-5-4-6-9-18/h4-10,13,16-17H,11-12,14-15H2,1-3H3,(H,23,27). The van der Waals surface area contributed by atoms with Gasteiger partial charge in [0, 0.05) is 23.9 Å². The quantitative estimate of drug-likeness (QED) is 0.486. The summed E-state index contributed by atoms with van der Waals surface area (Å²) in [5.41, 5.74) is 1.28. The second-order valence-corrected chi connectivity index (χ2v) is 9.41. The third-order valence-electron chi connectivity index (χ3n) is 4.89. The van der Waals surface area contributed by atoms with Crippen LogP contribution < -0.4 is 5.32 Å². The van der Waals surface area contributed by atoms with Gasteiger partial charge in [0.2, 0.25) is 5.91 Å². The highest BCUT2D eigenvalue weighted by Gasteiger charge is 2.16. The van der Waals surface area contributed by atoms with Crippen molar-refractivity contribution in [3.05, 3.63) is 64.1 Å². The molecule has 0 saturated heterocycles. The van der Waals surface area contributed by atoms with Crippen molar-refractivity contribution >= 4 is 29.0 Å². The van der Waals surface area contributed by atoms with Crippen LogP contribution >= 0.6 is 23.1 Å². The van der Waals surface area contributed by atoms with Crippen molar-refractivity contribution in [2.45, 2.75) is 51.4 Å². The second-order valence-electron chi connectivity index (χ2n) is 7.43. The van der Waals surface area contributed by atoms with E-state index in [0.29, 0.717) is 11.7 Å². The predicted octanol–water partition coefficient (Wildman–Crippen LogP) is 4.43. The van der Waals surface area contributed by atoms with Gasteiger partial charge in [0.05, 0.1) is 5.75 Å². The minimum absolute atomic E-state index is 0.0358. The number of benzene rings is 1. The summed E-state index contributed by atoms with van der Waals surface area (Å²) in [7, 11) is 0. The molecular weight excluding hydrogens is 400 g/mol. The summed E-state index contributed by atoms with van der Waals surface area (Å²) in [5.74, 6) is 1.74. The lowest BCUT2D eigenvalue weighted by atomic mass is 10.1. The number of amides is 1. The fraction of sp³-hybridized carbons (Fsp3) is 0.409. The first-order chi connectivity index (χ1) is 14.0. The van der Waals surface area contributed by atoms with Gasteiger partial charge < -0.3 is 9.88 Å². The summed E-state index contributed by atoms with van der Waals surface area (Å²) < 4.78 is 2.16. The maximum Gasteiger partial charge on any atom is 0.230 e. The van der Waals surface area contributed by atoms with E-state index in [1.165, 1.54) is 22.2 Å². The van der Waals surface area contributed by atoms with Crippen molar-refractivity contribution in [2.24, 2.45) is 5.92 Å². The van der Waals surface area contributed by atoms with E-state index < -0.39 is 0 Å². The summed E-state index contributed by atoms with van der Waals surface area (Å²) in [4.78, 5) is 13.6. The zero-order valence-corrected chi connectivity index (χ0v) is 18.8. The number of thiophene rings is 1. The molecule has 2 heterocycles. The van der Waals surface area contributed by atoms with Gasteiger partial charge in [0.15, 0.2) is 5.16 Å². The number of thioether (sulfide) groups is 1. The van der Waals surface area contributed by atoms with Gasteiger partial charge in [-0.05, 0) is 36.3 Å². The number of nitrogens with one attached hydrogen (secondary N) is 1. The largest absolute Gasteiger partial charge is 0.353 e. The van der Waals surface area contributed by atoms with Crippen molar-refractivity contribution in [1.29, 1.82) is 0 Å². The Hall–Kier alpha value is -2.12. The molecule has 0 aliphatic carbocycles. The summed E-state index contributed by atoms with van der Waals surface area (Å²) in [6, 6.07) is 14.8. The van der Waals surface area contributed by atoms with E-state index in [0.717, 1.165) is 30.4 Å². The number of hydrogen-bond donors (Lipinski definition) is 1. The molecule has 3 aromatic rings. The van der Waals surface area contributed by atoms with Crippen LogP contribution in [-0.2, 0) is 24.2 Å². The molecule has 0 aliphatic heterocycles. The number of carbonyl (C=O) groups is 1. The number of hydrogen-bond acceptors (Lipinski definition) is 5. The molecule has 0 radical (unpaired) electrons. The minimum Gasteiger partial charge on any atom is -0.353 e. The van der Waals surface area contributed by atoms with E-state index in [9.17, 15) is 4.79 Å². The van der Waals surface area contributed by atoms with Crippen LogP contribution in [0.4, 0.5) is 0 Å². The van der Waals surface area contributed by atoms with Crippen molar-refractivity contribution < 1.29 is 4.79 Å². The first-order valence-corrected chi connectivity index (χ1v) is 11.8. The fourth-order valence-electron chi connectivity index (χ4n) is 2.83. The molecule has 1 aromatic carbocycles. The maximum atomic E-state index is 12.3. The Bertz CT molecular complexity index is 891. The Morgan fingerprint density at radius 1 is 1.14 bits per heavy atom. The van der Waals surface area contributed by atoms with Crippen LogP contribution in [0.5, 0.6) is 0 Å². The lowest BCUT2D eigenvalue weighted by Crippen LogP contribution is -2.37. The highest BCUT2D eigenvalue weighted by molar-refractivity contribution is 7.99. The molecule has 154 valence electrons. The molecule has 0 spiro atoms. The minimum atomic E-state index is 0.0358. The van der Waals surface area contributed by atoms with Crippen molar-refractivity contribution in [3.8, 4) is 0 Å². The van der Waals surface area contributed by atoms with E-state index >= 15 is 0 Å². The highest BCUT2D eigenvalue weighted by atomic mass is 32.2. The zero-order valence-electron chi connectivity index (χ0n) is 17.2. The normalized spacial score (nSPS) is 12.3. The molecule has 1 N–H and O–H groups in total. The predicted molar refractivity (Wildman–Crippen MR) is 120 cm³/mol. The fourth-order valence-corrected chi connectivity index (χ4v) is 4.32. The van der Waals surface area contributed by atoms with Crippen molar-refractivity contribution in [1.82, 2.24) is 20.1 Å². The molecule has 3 rings (SSSR count). The van der Waals surface area contributed by atoms with Crippen LogP contribution in [0, 0.1) is 5.92 Å². The first kappa shape index (κ1) is 21.6. The Morgan fingerprint density at radius 2 is 1.93 bits per heavy atom. The van der Waals surface area contributed by atoms with Crippen molar-refractivity contribution in [2.75, 3.05) is 5.75 Å². The maximum absolute atomic E-state index is 12.3. The molecule has 0 fully saturated rings. The van der Waals surface area contributed by atoms with E-state index in [2.05, 4.69) is 75.7 Å². The number of carbonyl (C=O) groups excluding carboxylic acids is 1. The Morgan fingerprint density at radius 3 is 2.62 bits per heavy atom. The van der Waals surface area contributed by atoms with Gasteiger partial charge in [-0.3, -0.25) is 4.79 Å². The molecule has 1 unspecified atom stereocenters. The summed E-state index contributed by atoms with van der Waals surface area (Å²) in [5, 5.41) is 14.8. The molecular formula is C22H28N4OS2. The molecule has 0 aliphatic rings. The van der Waals surface area contributed by atoms with Gasteiger partial charge in [-0.15, -0.1) is 21.5 Å². The summed E-state index contributed by atoms with van der Waals surface area (Å²) >= 11 is 3.18. The van der Waals surface area contributed by atoms with Gasteiger partial charge in [0.25, 0.3) is 0 Å². The highest BCUT2D eigenvalue weighted by Crippen LogP contribution is 2.21. The van der Waals surface area contributed by atoms with Crippen LogP contribution in [0.3, 0.4) is 0 Å². The van der Waals surface area contributed by atoms with E-state index in [1.54, 1.807) is 11.3 Å². The molecule has 5 nitrogen and oxygen atoms in total. The number of rotatable bonds is 10. The lowest BCUT2D eigenvalue weighted by molar-refractivity contribution is -0.119. The number of aromatic nitrogens is 3. The van der Waals surface area contributed by atoms with Gasteiger partial charge in [-0.25, -0.2) is 0 Å². The third-order valence-corrected chi connectivity index (χ3v) is 6.74. The lowest BCUT2D eigenvalue weighted by Gasteiger charge is -2.17. The Balaban J connectivity index is 1.69. The molecule has 0 saturated carbocycles. The van der Waals surface area contributed by atoms with Crippen LogP contribution in [-0.4, -0.2) is 32.5 Å². The van der Waals surface area contributed by atoms with Crippen LogP contribution in [0.1, 0.15) is 37.0 Å². The molecule has 7 heteroatoms. The topological polar surface area (TPSA) is 59.8 Å². The molecule has 0 bridgehead atoms. The third kappa shape index (κ3) is 6.44. The summed E-state index contributed by atoms with van der Waals surface area (Å²) in [6.45, 7) is 7.04. The van der Waals surface area contributed by atoms with E-state index in [1.807, 2.05) is 13.0 Å². The van der Waals surface area contributed by atoms with Gasteiger partial charge in [-0.2, -0.15) is 0 Å². The van der Waals surface area contributed by atoms with Gasteiger partial charge in [-0.1, -0.05) is 62.0 Å². The molecule has 1 amide bonds. The van der Waals surface area contributed by atoms with Crippen LogP contribution in [0.25, 0.3) is 0 Å². The smallest absolute Gasteiger partial charge is 0.230 e. The first-order valence-electron chi connectivity index (χ1n) is 9.93. The van der Waals surface area contributed by atoms with Gasteiger partial charge >= 0.3 is 0 Å². The Kier molecular flexibility index (Phi) is 7.89. The zero-order chi connectivity index (χ0) is 20.6. The van der Waals surface area contributed by atoms with Gasteiger partial charge in [0.1, 0.15) is 5.82 Å².